The van der Waals surface area contributed by atoms with Crippen molar-refractivity contribution < 1.29 is 35.0 Å². The van der Waals surface area contributed by atoms with Gasteiger partial charge in [-0.15, -0.1) is 5.10 Å². The second kappa shape index (κ2) is 15.9. The molecule has 5 N–H and O–H groups in total. The van der Waals surface area contributed by atoms with E-state index in [1.54, 1.807) is 18.3 Å². The molecule has 3 aliphatic rings. The van der Waals surface area contributed by atoms with Gasteiger partial charge in [0.15, 0.2) is 6.29 Å². The molecule has 1 aromatic carbocycles. The second-order valence-electron chi connectivity index (χ2n) is 13.9. The summed E-state index contributed by atoms with van der Waals surface area (Å²) in [6, 6.07) is 4.74. The predicted octanol–water partition coefficient (Wildman–Crippen LogP) is -2.23. The number of nitrogens with zero attached hydrogens (tertiary/aromatic N) is 8. The number of rotatable bonds is 15. The molecular formula is C35H46N8O10. The fraction of sp³-hybridized carbons (Fsp3) is 0.543. The molecular weight excluding hydrogens is 692 g/mol. The van der Waals surface area contributed by atoms with E-state index in [2.05, 4.69) is 10.3 Å². The molecule has 0 bridgehead atoms. The van der Waals surface area contributed by atoms with Crippen LogP contribution < -0.4 is 22.0 Å². The Morgan fingerprint density at radius 3 is 2.23 bits per heavy atom. The monoisotopic (exact) mass is 738 g/mol. The number of pyridine rings is 2. The maximum Gasteiger partial charge on any atom is 0.263 e. The van der Waals surface area contributed by atoms with Gasteiger partial charge in [-0.3, -0.25) is 28.5 Å². The summed E-state index contributed by atoms with van der Waals surface area (Å²) in [6.45, 7) is 1.27. The molecule has 0 radical (unpaired) electrons. The lowest BCUT2D eigenvalue weighted by Crippen LogP contribution is -2.59. The number of aromatic nitrogens is 5. The third-order valence-electron chi connectivity index (χ3n) is 9.59. The summed E-state index contributed by atoms with van der Waals surface area (Å²) in [7, 11) is 7.64. The molecule has 3 aromatic rings. The van der Waals surface area contributed by atoms with Crippen LogP contribution in [0.5, 0.6) is 5.88 Å². The lowest BCUT2D eigenvalue weighted by Gasteiger charge is -2.39. The van der Waals surface area contributed by atoms with Gasteiger partial charge < -0.3 is 44.8 Å². The smallest absolute Gasteiger partial charge is 0.263 e. The van der Waals surface area contributed by atoms with Crippen LogP contribution >= 0.6 is 0 Å². The van der Waals surface area contributed by atoms with Crippen LogP contribution in [0.25, 0.3) is 32.7 Å². The zero-order valence-corrected chi connectivity index (χ0v) is 30.1. The minimum absolute atomic E-state index is 0.0318. The summed E-state index contributed by atoms with van der Waals surface area (Å²) in [5, 5.41) is 60.6. The Kier molecular flexibility index (Phi) is 11.5. The van der Waals surface area contributed by atoms with Crippen molar-refractivity contribution in [3.63, 3.8) is 0 Å². The van der Waals surface area contributed by atoms with Crippen molar-refractivity contribution in [2.24, 2.45) is 4.99 Å². The van der Waals surface area contributed by atoms with Gasteiger partial charge in [-0.2, -0.15) is 0 Å². The summed E-state index contributed by atoms with van der Waals surface area (Å²) in [6.07, 6.45) is -4.26. The molecule has 286 valence electrons. The van der Waals surface area contributed by atoms with Crippen LogP contribution in [0.15, 0.2) is 43.8 Å². The number of benzene rings is 2. The first-order chi connectivity index (χ1) is 25.3. The average Bonchev–Trinajstić information content (AvgIpc) is 3.58. The highest BCUT2D eigenvalue weighted by Crippen LogP contribution is 2.36. The van der Waals surface area contributed by atoms with Gasteiger partial charge in [0, 0.05) is 34.8 Å². The van der Waals surface area contributed by atoms with E-state index >= 15 is 0 Å². The van der Waals surface area contributed by atoms with Gasteiger partial charge >= 0.3 is 0 Å². The molecule has 2 aromatic heterocycles. The van der Waals surface area contributed by atoms with Gasteiger partial charge in [-0.25, -0.2) is 4.68 Å². The molecule has 18 nitrogen and oxygen atoms in total. The first-order valence-electron chi connectivity index (χ1n) is 17.5. The Hall–Kier alpha value is -4.40. The third kappa shape index (κ3) is 7.54. The number of hydrogen-bond donors (Lipinski definition) is 5. The van der Waals surface area contributed by atoms with E-state index < -0.39 is 54.0 Å². The summed E-state index contributed by atoms with van der Waals surface area (Å²) in [5.74, 6) is -0.252. The highest BCUT2D eigenvalue weighted by molar-refractivity contribution is 6.15. The number of ether oxygens (including phenoxy) is 2. The van der Waals surface area contributed by atoms with Crippen LogP contribution in [-0.2, 0) is 35.7 Å². The fourth-order valence-corrected chi connectivity index (χ4v) is 6.84. The zero-order chi connectivity index (χ0) is 38.1. The molecule has 0 spiro atoms. The molecule has 4 heterocycles. The number of aromatic hydroxyl groups is 1. The Bertz CT molecular complexity index is 2250. The standard InChI is InChI=1S/C35H46N8O10/c1-39(2)9-5-11-42-31(48)20-7-8-21-26-25(20)22(33(42)50)15-23(27(26)34(51)43(32(21)49)12-6-10-40(3)4)36-16-19-17-41(38-37-19)13-14-52-35-30(47)29(46)28(45)24(18-44)53-35/h7-8,15,17,24,28-30,35,44-47,49H,5-6,9-14,16,18H2,1-4H3/t24-,28-,29+,30-,35-/m1/s1. The molecule has 0 unspecified atom stereocenters. The van der Waals surface area contributed by atoms with E-state index in [0.717, 1.165) is 0 Å². The number of aliphatic hydroxyl groups is 4. The van der Waals surface area contributed by atoms with E-state index in [1.165, 1.54) is 19.9 Å². The summed E-state index contributed by atoms with van der Waals surface area (Å²) < 4.78 is 14.9. The summed E-state index contributed by atoms with van der Waals surface area (Å²) >= 11 is 0. The molecule has 2 aliphatic heterocycles. The van der Waals surface area contributed by atoms with Gasteiger partial charge in [-0.05, 0) is 72.3 Å². The van der Waals surface area contributed by atoms with E-state index in [0.29, 0.717) is 48.0 Å². The second-order valence-corrected chi connectivity index (χ2v) is 13.9. The Morgan fingerprint density at radius 2 is 1.55 bits per heavy atom. The molecule has 18 heteroatoms. The molecule has 53 heavy (non-hydrogen) atoms. The van der Waals surface area contributed by atoms with Crippen LogP contribution in [-0.4, -0.2) is 145 Å². The van der Waals surface area contributed by atoms with Gasteiger partial charge in [0.25, 0.3) is 16.7 Å². The van der Waals surface area contributed by atoms with Crippen molar-refractivity contribution in [1.29, 1.82) is 0 Å². The highest BCUT2D eigenvalue weighted by atomic mass is 16.7. The predicted molar refractivity (Wildman–Crippen MR) is 192 cm³/mol. The molecule has 0 amide bonds. The molecule has 1 fully saturated rings. The molecule has 1 saturated heterocycles. The lowest BCUT2D eigenvalue weighted by molar-refractivity contribution is -0.301. The van der Waals surface area contributed by atoms with E-state index in [9.17, 15) is 39.9 Å². The SMILES string of the molecule is CN(C)CCCn1c(O)c2ccc3c4c2c(c(=NCc2cn(CCO[C@@H]5O[C@H](CO)[C@@H](O)[C@H](O)[C@H]5O)nn2)cc-4c(=O)n(CCCN(C)C)c3=O)c1=O. The highest BCUT2D eigenvalue weighted by Gasteiger charge is 2.44. The largest absolute Gasteiger partial charge is 0.494 e. The normalized spacial score (nSPS) is 21.4. The summed E-state index contributed by atoms with van der Waals surface area (Å²) in [4.78, 5) is 50.6. The maximum atomic E-state index is 14.2. The molecule has 6 rings (SSSR count). The van der Waals surface area contributed by atoms with Crippen molar-refractivity contribution >= 4 is 21.5 Å². The van der Waals surface area contributed by atoms with Crippen LogP contribution in [0.1, 0.15) is 18.5 Å². The van der Waals surface area contributed by atoms with Crippen molar-refractivity contribution in [2.45, 2.75) is 69.7 Å². The average molecular weight is 739 g/mol. The molecule has 0 saturated carbocycles. The molecule has 5 atom stereocenters. The van der Waals surface area contributed by atoms with Gasteiger partial charge in [0.05, 0.1) is 48.8 Å². The van der Waals surface area contributed by atoms with Crippen molar-refractivity contribution in [3.8, 4) is 17.0 Å². The van der Waals surface area contributed by atoms with E-state index in [-0.39, 0.29) is 60.4 Å². The van der Waals surface area contributed by atoms with Crippen LogP contribution in [0.3, 0.4) is 0 Å². The number of aliphatic hydroxyl groups excluding tert-OH is 4. The zero-order valence-electron chi connectivity index (χ0n) is 30.1. The third-order valence-corrected chi connectivity index (χ3v) is 9.59. The van der Waals surface area contributed by atoms with Crippen LogP contribution in [0.2, 0.25) is 0 Å². The first kappa shape index (κ1) is 38.3. The van der Waals surface area contributed by atoms with Gasteiger partial charge in [0.1, 0.15) is 30.1 Å². The number of hydrogen-bond acceptors (Lipinski definition) is 15. The van der Waals surface area contributed by atoms with Crippen molar-refractivity contribution in [1.82, 2.24) is 33.9 Å². The maximum absolute atomic E-state index is 14.2. The van der Waals surface area contributed by atoms with Gasteiger partial charge in [0.2, 0.25) is 5.88 Å². The topological polar surface area (TPSA) is 230 Å². The summed E-state index contributed by atoms with van der Waals surface area (Å²) in [5.41, 5.74) is -0.533. The first-order valence-corrected chi connectivity index (χ1v) is 17.5. The van der Waals surface area contributed by atoms with Crippen molar-refractivity contribution in [3.05, 3.63) is 66.5 Å². The Balaban J connectivity index is 1.36. The Morgan fingerprint density at radius 1 is 0.868 bits per heavy atom. The van der Waals surface area contributed by atoms with Crippen LogP contribution in [0.4, 0.5) is 0 Å². The van der Waals surface area contributed by atoms with E-state index in [1.807, 2.05) is 38.0 Å². The quantitative estimate of drug-likeness (QED) is 0.0717. The van der Waals surface area contributed by atoms with Gasteiger partial charge in [-0.1, -0.05) is 5.21 Å². The Labute approximate surface area is 303 Å². The lowest BCUT2D eigenvalue weighted by atomic mass is 9.90. The fourth-order valence-electron chi connectivity index (χ4n) is 6.84. The minimum atomic E-state index is -1.57. The van der Waals surface area contributed by atoms with Crippen molar-refractivity contribution in [2.75, 3.05) is 54.5 Å². The molecule has 1 aliphatic carbocycles. The minimum Gasteiger partial charge on any atom is -0.494 e. The van der Waals surface area contributed by atoms with Crippen LogP contribution in [0, 0.1) is 0 Å². The van der Waals surface area contributed by atoms with E-state index in [4.69, 9.17) is 14.5 Å².